The van der Waals surface area contributed by atoms with Crippen LogP contribution in [0.25, 0.3) is 0 Å². The van der Waals surface area contributed by atoms with Gasteiger partial charge in [0.2, 0.25) is 0 Å². The minimum atomic E-state index is 0.246. The van der Waals surface area contributed by atoms with Gasteiger partial charge in [-0.2, -0.15) is 0 Å². The summed E-state index contributed by atoms with van der Waals surface area (Å²) in [4.78, 5) is 13.4. The molecule has 2 heterocycles. The van der Waals surface area contributed by atoms with Crippen LogP contribution in [-0.2, 0) is 4.74 Å². The van der Waals surface area contributed by atoms with Gasteiger partial charge in [0, 0.05) is 25.8 Å². The lowest BCUT2D eigenvalue weighted by Crippen LogP contribution is -2.47. The molecule has 0 amide bonds. The lowest BCUT2D eigenvalue weighted by Gasteiger charge is -2.35. The van der Waals surface area contributed by atoms with Crippen molar-refractivity contribution in [3.05, 3.63) is 17.6 Å². The highest BCUT2D eigenvalue weighted by Gasteiger charge is 2.23. The summed E-state index contributed by atoms with van der Waals surface area (Å²) in [6.07, 6.45) is 2.06. The maximum atomic E-state index is 5.78. The van der Waals surface area contributed by atoms with E-state index in [4.69, 9.17) is 4.74 Å². The SMILES string of the molecule is Cc1cnc(C)c(N2CCOC(CN(C)C)C2)n1. The number of ether oxygens (including phenoxy) is 1. The number of rotatable bonds is 3. The first-order valence-electron chi connectivity index (χ1n) is 6.38. The van der Waals surface area contributed by atoms with E-state index >= 15 is 0 Å². The molecule has 0 aliphatic carbocycles. The molecule has 0 N–H and O–H groups in total. The van der Waals surface area contributed by atoms with Crippen LogP contribution in [0.4, 0.5) is 5.82 Å². The fraction of sp³-hybridized carbons (Fsp3) is 0.692. The van der Waals surface area contributed by atoms with Crippen molar-refractivity contribution in [1.82, 2.24) is 14.9 Å². The predicted octanol–water partition coefficient (Wildman–Crippen LogP) is 0.860. The van der Waals surface area contributed by atoms with Gasteiger partial charge in [0.25, 0.3) is 0 Å². The van der Waals surface area contributed by atoms with Gasteiger partial charge in [-0.3, -0.25) is 4.98 Å². The van der Waals surface area contributed by atoms with E-state index in [2.05, 4.69) is 33.9 Å². The second kappa shape index (κ2) is 5.63. The molecule has 0 radical (unpaired) electrons. The minimum Gasteiger partial charge on any atom is -0.373 e. The van der Waals surface area contributed by atoms with Crippen molar-refractivity contribution in [2.45, 2.75) is 20.0 Å². The summed E-state index contributed by atoms with van der Waals surface area (Å²) < 4.78 is 5.78. The average molecular weight is 250 g/mol. The molecular formula is C13H22N4O. The van der Waals surface area contributed by atoms with Crippen LogP contribution in [0.2, 0.25) is 0 Å². The van der Waals surface area contributed by atoms with E-state index in [1.807, 2.05) is 20.0 Å². The van der Waals surface area contributed by atoms with Crippen molar-refractivity contribution in [1.29, 1.82) is 0 Å². The Balaban J connectivity index is 2.10. The Bertz CT molecular complexity index is 408. The van der Waals surface area contributed by atoms with Crippen LogP contribution in [0.3, 0.4) is 0 Å². The third-order valence-corrected chi connectivity index (χ3v) is 3.06. The molecule has 0 aromatic carbocycles. The molecule has 100 valence electrons. The van der Waals surface area contributed by atoms with Crippen molar-refractivity contribution in [3.8, 4) is 0 Å². The van der Waals surface area contributed by atoms with Crippen molar-refractivity contribution in [3.63, 3.8) is 0 Å². The Morgan fingerprint density at radius 3 is 2.94 bits per heavy atom. The molecule has 0 saturated carbocycles. The van der Waals surface area contributed by atoms with E-state index in [1.54, 1.807) is 0 Å². The summed E-state index contributed by atoms with van der Waals surface area (Å²) in [6, 6.07) is 0. The summed E-state index contributed by atoms with van der Waals surface area (Å²) in [5.41, 5.74) is 1.96. The quantitative estimate of drug-likeness (QED) is 0.796. The van der Waals surface area contributed by atoms with Crippen LogP contribution in [0.1, 0.15) is 11.4 Å². The maximum absolute atomic E-state index is 5.78. The van der Waals surface area contributed by atoms with Crippen LogP contribution < -0.4 is 4.90 Å². The Labute approximate surface area is 109 Å². The predicted molar refractivity (Wildman–Crippen MR) is 72.0 cm³/mol. The molecule has 0 spiro atoms. The van der Waals surface area contributed by atoms with Crippen molar-refractivity contribution in [2.24, 2.45) is 0 Å². The Hall–Kier alpha value is -1.20. The molecule has 5 nitrogen and oxygen atoms in total. The van der Waals surface area contributed by atoms with Crippen molar-refractivity contribution < 1.29 is 4.74 Å². The van der Waals surface area contributed by atoms with E-state index in [0.29, 0.717) is 0 Å². The second-order valence-corrected chi connectivity index (χ2v) is 5.12. The fourth-order valence-electron chi connectivity index (χ4n) is 2.25. The number of nitrogens with zero attached hydrogens (tertiary/aromatic N) is 4. The zero-order valence-corrected chi connectivity index (χ0v) is 11.7. The van der Waals surface area contributed by atoms with Gasteiger partial charge >= 0.3 is 0 Å². The lowest BCUT2D eigenvalue weighted by atomic mass is 10.2. The van der Waals surface area contributed by atoms with Gasteiger partial charge in [-0.25, -0.2) is 4.98 Å². The third-order valence-electron chi connectivity index (χ3n) is 3.06. The van der Waals surface area contributed by atoms with E-state index in [9.17, 15) is 0 Å². The number of aryl methyl sites for hydroxylation is 2. The molecule has 1 unspecified atom stereocenters. The normalized spacial score (nSPS) is 20.5. The highest BCUT2D eigenvalue weighted by atomic mass is 16.5. The summed E-state index contributed by atoms with van der Waals surface area (Å²) in [5.74, 6) is 1.00. The van der Waals surface area contributed by atoms with E-state index in [1.165, 1.54) is 0 Å². The molecule has 0 bridgehead atoms. The maximum Gasteiger partial charge on any atom is 0.150 e. The molecule has 1 aliphatic heterocycles. The molecule has 1 atom stereocenters. The van der Waals surface area contributed by atoms with Gasteiger partial charge < -0.3 is 14.5 Å². The van der Waals surface area contributed by atoms with Gasteiger partial charge in [-0.1, -0.05) is 0 Å². The van der Waals surface area contributed by atoms with E-state index < -0.39 is 0 Å². The van der Waals surface area contributed by atoms with Gasteiger partial charge in [0.15, 0.2) is 5.82 Å². The zero-order chi connectivity index (χ0) is 13.1. The van der Waals surface area contributed by atoms with Crippen molar-refractivity contribution >= 4 is 5.82 Å². The van der Waals surface area contributed by atoms with Crippen LogP contribution >= 0.6 is 0 Å². The number of likely N-dealkylation sites (N-methyl/N-ethyl adjacent to an activating group) is 1. The molecule has 2 rings (SSSR count). The largest absolute Gasteiger partial charge is 0.373 e. The zero-order valence-electron chi connectivity index (χ0n) is 11.7. The minimum absolute atomic E-state index is 0.246. The molecule has 5 heteroatoms. The van der Waals surface area contributed by atoms with Gasteiger partial charge in [0.1, 0.15) is 0 Å². The van der Waals surface area contributed by atoms with Gasteiger partial charge in [-0.15, -0.1) is 0 Å². The summed E-state index contributed by atoms with van der Waals surface area (Å²) in [5, 5.41) is 0. The molecule has 1 fully saturated rings. The van der Waals surface area contributed by atoms with Gasteiger partial charge in [0.05, 0.1) is 24.1 Å². The number of anilines is 1. The standard InChI is InChI=1S/C13H22N4O/c1-10-7-14-11(2)13(15-10)17-5-6-18-12(9-17)8-16(3)4/h7,12H,5-6,8-9H2,1-4H3. The first-order valence-corrected chi connectivity index (χ1v) is 6.38. The van der Waals surface area contributed by atoms with E-state index in [0.717, 1.165) is 43.4 Å². The smallest absolute Gasteiger partial charge is 0.150 e. The summed E-state index contributed by atoms with van der Waals surface area (Å²) in [7, 11) is 4.14. The monoisotopic (exact) mass is 250 g/mol. The molecular weight excluding hydrogens is 228 g/mol. The van der Waals surface area contributed by atoms with Crippen LogP contribution in [-0.4, -0.2) is 61.3 Å². The summed E-state index contributed by atoms with van der Waals surface area (Å²) >= 11 is 0. The van der Waals surface area contributed by atoms with Crippen LogP contribution in [0.15, 0.2) is 6.20 Å². The highest BCUT2D eigenvalue weighted by molar-refractivity contribution is 5.43. The number of hydrogen-bond donors (Lipinski definition) is 0. The fourth-order valence-corrected chi connectivity index (χ4v) is 2.25. The number of hydrogen-bond acceptors (Lipinski definition) is 5. The Morgan fingerprint density at radius 1 is 1.44 bits per heavy atom. The first-order chi connectivity index (χ1) is 8.56. The number of morpholine rings is 1. The number of aromatic nitrogens is 2. The lowest BCUT2D eigenvalue weighted by molar-refractivity contribution is 0.0245. The molecule has 18 heavy (non-hydrogen) atoms. The molecule has 1 aromatic rings. The first kappa shape index (κ1) is 13.2. The topological polar surface area (TPSA) is 41.5 Å². The molecule has 1 aliphatic rings. The molecule has 1 saturated heterocycles. The van der Waals surface area contributed by atoms with Gasteiger partial charge in [-0.05, 0) is 27.9 Å². The Kier molecular flexibility index (Phi) is 4.14. The third kappa shape index (κ3) is 3.17. The molecule has 1 aromatic heterocycles. The average Bonchev–Trinajstić information content (AvgIpc) is 2.32. The van der Waals surface area contributed by atoms with E-state index in [-0.39, 0.29) is 6.10 Å². The summed E-state index contributed by atoms with van der Waals surface area (Å²) in [6.45, 7) is 7.47. The Morgan fingerprint density at radius 2 is 2.22 bits per heavy atom. The van der Waals surface area contributed by atoms with Crippen LogP contribution in [0.5, 0.6) is 0 Å². The second-order valence-electron chi connectivity index (χ2n) is 5.12. The van der Waals surface area contributed by atoms with Crippen LogP contribution in [0, 0.1) is 13.8 Å². The highest BCUT2D eigenvalue weighted by Crippen LogP contribution is 2.18. The van der Waals surface area contributed by atoms with Crippen molar-refractivity contribution in [2.75, 3.05) is 45.2 Å².